The van der Waals surface area contributed by atoms with Crippen LogP contribution in [-0.4, -0.2) is 25.8 Å². The van der Waals surface area contributed by atoms with Crippen LogP contribution in [0.2, 0.25) is 0 Å². The molecule has 2 aromatic rings. The normalized spacial score (nSPS) is 19.7. The summed E-state index contributed by atoms with van der Waals surface area (Å²) in [5.41, 5.74) is 3.06. The summed E-state index contributed by atoms with van der Waals surface area (Å²) in [6.45, 7) is 1.73. The minimum absolute atomic E-state index is 0.0464. The second-order valence-corrected chi connectivity index (χ2v) is 8.21. The number of benzene rings is 1. The molecule has 1 atom stereocenters. The Labute approximate surface area is 174 Å². The van der Waals surface area contributed by atoms with Gasteiger partial charge in [0.05, 0.1) is 16.2 Å². The van der Waals surface area contributed by atoms with Gasteiger partial charge in [0.25, 0.3) is 5.69 Å². The largest absolute Gasteiger partial charge is 0.478 e. The maximum Gasteiger partial charge on any atom is 0.334 e. The first kappa shape index (κ1) is 20.1. The molecule has 0 amide bonds. The predicted molar refractivity (Wildman–Crippen MR) is 113 cm³/mol. The summed E-state index contributed by atoms with van der Waals surface area (Å²) in [6.07, 6.45) is 6.72. The second-order valence-electron chi connectivity index (χ2n) is 8.21. The number of aromatic nitrogens is 2. The Balaban J connectivity index is 1.93. The monoisotopic (exact) mass is 410 g/mol. The number of aryl methyl sites for hydroxylation is 1. The summed E-state index contributed by atoms with van der Waals surface area (Å²) in [7, 11) is 1.86. The van der Waals surface area contributed by atoms with Crippen molar-refractivity contribution in [2.24, 2.45) is 7.05 Å². The highest BCUT2D eigenvalue weighted by Crippen LogP contribution is 2.47. The van der Waals surface area contributed by atoms with Crippen LogP contribution in [0.1, 0.15) is 74.1 Å². The molecule has 0 radical (unpaired) electrons. The van der Waals surface area contributed by atoms with Gasteiger partial charge in [0.2, 0.25) is 0 Å². The van der Waals surface area contributed by atoms with E-state index in [1.54, 1.807) is 23.7 Å². The number of allylic oxidation sites excluding steroid dienone is 1. The van der Waals surface area contributed by atoms with Crippen LogP contribution in [0.4, 0.5) is 11.5 Å². The number of carboxylic acid groups (broad SMARTS) is 1. The zero-order chi connectivity index (χ0) is 21.4. The molecule has 30 heavy (non-hydrogen) atoms. The van der Waals surface area contributed by atoms with Crippen molar-refractivity contribution in [3.63, 3.8) is 0 Å². The van der Waals surface area contributed by atoms with Crippen LogP contribution in [0.15, 0.2) is 35.5 Å². The number of nitrogens with one attached hydrogen (secondary N) is 1. The summed E-state index contributed by atoms with van der Waals surface area (Å²) >= 11 is 0. The molecule has 1 aromatic heterocycles. The van der Waals surface area contributed by atoms with Gasteiger partial charge in [0.1, 0.15) is 5.82 Å². The maximum atomic E-state index is 12.3. The Morgan fingerprint density at radius 3 is 2.60 bits per heavy atom. The summed E-state index contributed by atoms with van der Waals surface area (Å²) in [5, 5.41) is 29.5. The van der Waals surface area contributed by atoms with Crippen LogP contribution in [0, 0.1) is 10.1 Å². The first-order valence-electron chi connectivity index (χ1n) is 10.4. The molecule has 1 fully saturated rings. The van der Waals surface area contributed by atoms with Gasteiger partial charge in [-0.05, 0) is 25.3 Å². The van der Waals surface area contributed by atoms with E-state index in [0.29, 0.717) is 11.3 Å². The lowest BCUT2D eigenvalue weighted by molar-refractivity contribution is -0.384. The highest BCUT2D eigenvalue weighted by molar-refractivity contribution is 5.93. The number of aliphatic carboxylic acids is 1. The van der Waals surface area contributed by atoms with Gasteiger partial charge >= 0.3 is 5.97 Å². The summed E-state index contributed by atoms with van der Waals surface area (Å²) < 4.78 is 1.78. The van der Waals surface area contributed by atoms with E-state index >= 15 is 0 Å². The van der Waals surface area contributed by atoms with Crippen molar-refractivity contribution in [1.29, 1.82) is 0 Å². The van der Waals surface area contributed by atoms with Gasteiger partial charge in [-0.15, -0.1) is 0 Å². The molecule has 1 unspecified atom stereocenters. The molecular formula is C22H26N4O4. The minimum atomic E-state index is -1.03. The van der Waals surface area contributed by atoms with Crippen LogP contribution in [0.3, 0.4) is 0 Å². The lowest BCUT2D eigenvalue weighted by atomic mass is 9.78. The molecule has 2 N–H and O–H groups in total. The molecule has 2 aliphatic rings. The van der Waals surface area contributed by atoms with Gasteiger partial charge in [0.15, 0.2) is 0 Å². The summed E-state index contributed by atoms with van der Waals surface area (Å²) in [4.78, 5) is 23.2. The van der Waals surface area contributed by atoms with Crippen molar-refractivity contribution in [3.8, 4) is 0 Å². The van der Waals surface area contributed by atoms with Crippen molar-refractivity contribution in [2.45, 2.75) is 57.3 Å². The Bertz CT molecular complexity index is 1030. The molecule has 1 aromatic carbocycles. The van der Waals surface area contributed by atoms with E-state index in [0.717, 1.165) is 42.8 Å². The molecular weight excluding hydrogens is 384 g/mol. The molecule has 1 saturated carbocycles. The van der Waals surface area contributed by atoms with Crippen LogP contribution in [-0.2, 0) is 11.8 Å². The lowest BCUT2D eigenvalue weighted by Gasteiger charge is -2.29. The predicted octanol–water partition coefficient (Wildman–Crippen LogP) is 4.68. The number of rotatable bonds is 4. The number of non-ortho nitro benzene ring substituents is 1. The number of nitrogens with zero attached hydrogens (tertiary/aromatic N) is 3. The van der Waals surface area contributed by atoms with Crippen LogP contribution >= 0.6 is 0 Å². The van der Waals surface area contributed by atoms with Crippen molar-refractivity contribution in [2.75, 3.05) is 5.32 Å². The Morgan fingerprint density at radius 2 is 1.97 bits per heavy atom. The van der Waals surface area contributed by atoms with Crippen LogP contribution in [0.5, 0.6) is 0 Å². The van der Waals surface area contributed by atoms with Gasteiger partial charge < -0.3 is 10.4 Å². The summed E-state index contributed by atoms with van der Waals surface area (Å²) in [5.74, 6) is -0.601. The molecule has 0 bridgehead atoms. The molecule has 1 aliphatic carbocycles. The molecule has 1 aliphatic heterocycles. The quantitative estimate of drug-likeness (QED) is 0.430. The van der Waals surface area contributed by atoms with Crippen molar-refractivity contribution >= 4 is 17.5 Å². The number of hydrogen-bond donors (Lipinski definition) is 2. The molecule has 4 rings (SSSR count). The Morgan fingerprint density at radius 1 is 1.27 bits per heavy atom. The fourth-order valence-electron chi connectivity index (χ4n) is 4.89. The van der Waals surface area contributed by atoms with E-state index in [9.17, 15) is 20.0 Å². The molecule has 2 heterocycles. The molecule has 8 heteroatoms. The number of nitro benzene ring substituents is 1. The summed E-state index contributed by atoms with van der Waals surface area (Å²) in [6, 6.07) is 6.30. The second kappa shape index (κ2) is 7.93. The third-order valence-electron chi connectivity index (χ3n) is 6.29. The van der Waals surface area contributed by atoms with E-state index in [1.807, 2.05) is 7.05 Å². The van der Waals surface area contributed by atoms with Gasteiger partial charge in [-0.3, -0.25) is 14.8 Å². The standard InChI is InChI=1S/C22H26N4O4/c1-13-17(22(27)28)18(15-10-7-11-16(12-15)26(29)30)19-20(24-25(2)21(19)23-13)14-8-5-3-4-6-9-14/h7,10-12,14,18,23H,3-6,8-9H2,1-2H3,(H,27,28). The van der Waals surface area contributed by atoms with Gasteiger partial charge in [-0.25, -0.2) is 4.79 Å². The molecule has 158 valence electrons. The zero-order valence-corrected chi connectivity index (χ0v) is 17.2. The topological polar surface area (TPSA) is 110 Å². The lowest BCUT2D eigenvalue weighted by Crippen LogP contribution is -2.24. The zero-order valence-electron chi connectivity index (χ0n) is 17.2. The van der Waals surface area contributed by atoms with Crippen molar-refractivity contribution in [3.05, 3.63) is 62.5 Å². The molecule has 8 nitrogen and oxygen atoms in total. The fourth-order valence-corrected chi connectivity index (χ4v) is 4.89. The third kappa shape index (κ3) is 3.46. The average Bonchev–Trinajstić information content (AvgIpc) is 2.88. The third-order valence-corrected chi connectivity index (χ3v) is 6.29. The first-order valence-corrected chi connectivity index (χ1v) is 10.4. The SMILES string of the molecule is CC1=C(C(=O)O)C(c2cccc([N+](=O)[O-])c2)c2c(C3CCCCCC3)nn(C)c2N1. The van der Waals surface area contributed by atoms with E-state index in [-0.39, 0.29) is 17.2 Å². The van der Waals surface area contributed by atoms with Gasteiger partial charge in [-0.1, -0.05) is 37.8 Å². The number of hydrogen-bond acceptors (Lipinski definition) is 5. The van der Waals surface area contributed by atoms with Gasteiger partial charge in [-0.2, -0.15) is 5.10 Å². The van der Waals surface area contributed by atoms with Crippen LogP contribution in [0.25, 0.3) is 0 Å². The Hall–Kier alpha value is -3.16. The number of anilines is 1. The van der Waals surface area contributed by atoms with E-state index < -0.39 is 16.8 Å². The Kier molecular flexibility index (Phi) is 5.32. The number of carboxylic acids is 1. The smallest absolute Gasteiger partial charge is 0.334 e. The number of fused-ring (bicyclic) bond motifs is 1. The highest BCUT2D eigenvalue weighted by Gasteiger charge is 2.39. The van der Waals surface area contributed by atoms with E-state index in [2.05, 4.69) is 5.32 Å². The van der Waals surface area contributed by atoms with Crippen LogP contribution < -0.4 is 5.32 Å². The maximum absolute atomic E-state index is 12.3. The fraction of sp³-hybridized carbons (Fsp3) is 0.455. The first-order chi connectivity index (χ1) is 14.4. The van der Waals surface area contributed by atoms with Crippen molar-refractivity contribution < 1.29 is 14.8 Å². The van der Waals surface area contributed by atoms with Gasteiger partial charge in [0, 0.05) is 42.3 Å². The molecule has 0 saturated heterocycles. The van der Waals surface area contributed by atoms with E-state index in [4.69, 9.17) is 5.10 Å². The number of carbonyl (C=O) groups is 1. The number of nitro groups is 1. The van der Waals surface area contributed by atoms with Crippen molar-refractivity contribution in [1.82, 2.24) is 9.78 Å². The average molecular weight is 410 g/mol. The highest BCUT2D eigenvalue weighted by atomic mass is 16.6. The minimum Gasteiger partial charge on any atom is -0.478 e. The van der Waals surface area contributed by atoms with E-state index in [1.165, 1.54) is 25.0 Å². The molecule has 0 spiro atoms.